The van der Waals surface area contributed by atoms with Gasteiger partial charge in [-0.15, -0.1) is 13.2 Å². The highest BCUT2D eigenvalue weighted by Gasteiger charge is 2.27. The lowest BCUT2D eigenvalue weighted by molar-refractivity contribution is -0.155. The predicted octanol–water partition coefficient (Wildman–Crippen LogP) is 5.90. The Hall–Kier alpha value is -4.49. The molecule has 45 heavy (non-hydrogen) atoms. The molecule has 0 bridgehead atoms. The van der Waals surface area contributed by atoms with Crippen molar-refractivity contribution in [2.75, 3.05) is 13.2 Å². The van der Waals surface area contributed by atoms with Gasteiger partial charge in [0.05, 0.1) is 31.0 Å². The second-order valence-electron chi connectivity index (χ2n) is 11.2. The number of hydrogen-bond acceptors (Lipinski definition) is 5. The van der Waals surface area contributed by atoms with E-state index in [-0.39, 0.29) is 43.3 Å². The van der Waals surface area contributed by atoms with Crippen molar-refractivity contribution in [3.63, 3.8) is 0 Å². The van der Waals surface area contributed by atoms with Crippen molar-refractivity contribution in [3.8, 4) is 0 Å². The summed E-state index contributed by atoms with van der Waals surface area (Å²) >= 11 is 0. The maximum absolute atomic E-state index is 13.6. The molecule has 0 fully saturated rings. The second kappa shape index (κ2) is 19.7. The number of ether oxygens (including phenoxy) is 1. The first-order valence-electron chi connectivity index (χ1n) is 15.7. The molecule has 238 valence electrons. The van der Waals surface area contributed by atoms with E-state index in [1.807, 2.05) is 97.1 Å². The fourth-order valence-corrected chi connectivity index (χ4v) is 5.23. The van der Waals surface area contributed by atoms with Gasteiger partial charge in [0.2, 0.25) is 11.8 Å². The zero-order chi connectivity index (χ0) is 32.3. The molecule has 7 heteroatoms. The van der Waals surface area contributed by atoms with Crippen molar-refractivity contribution in [3.05, 3.63) is 133 Å². The van der Waals surface area contributed by atoms with Crippen LogP contribution in [-0.4, -0.2) is 42.1 Å². The molecule has 2 amide bonds. The normalized spacial score (nSPS) is 13.4. The van der Waals surface area contributed by atoms with Crippen LogP contribution >= 0.6 is 0 Å². The number of unbranched alkanes of at least 4 members (excludes halogenated alkanes) is 1. The first kappa shape index (κ1) is 35.0. The van der Waals surface area contributed by atoms with E-state index >= 15 is 0 Å². The van der Waals surface area contributed by atoms with Crippen LogP contribution in [0.3, 0.4) is 0 Å². The van der Waals surface area contributed by atoms with Gasteiger partial charge in [0, 0.05) is 6.42 Å². The van der Waals surface area contributed by atoms with Crippen LogP contribution in [-0.2, 0) is 32.0 Å². The largest absolute Gasteiger partial charge is 0.455 e. The van der Waals surface area contributed by atoms with Crippen LogP contribution < -0.4 is 10.6 Å². The van der Waals surface area contributed by atoms with E-state index in [2.05, 4.69) is 23.8 Å². The topological polar surface area (TPSA) is 105 Å². The molecule has 0 radical (unpaired) electrons. The smallest absolute Gasteiger partial charge is 0.309 e. The number of nitrogens with one attached hydrogen (secondary N) is 2. The minimum atomic E-state index is -0.705. The van der Waals surface area contributed by atoms with E-state index in [0.717, 1.165) is 29.5 Å². The molecule has 3 rings (SSSR count). The third-order valence-electron chi connectivity index (χ3n) is 7.67. The Bertz CT molecular complexity index is 1330. The summed E-state index contributed by atoms with van der Waals surface area (Å²) in [6.07, 6.45) is 6.28. The number of carbonyl (C=O) groups is 3. The van der Waals surface area contributed by atoms with E-state index < -0.39 is 18.1 Å². The first-order chi connectivity index (χ1) is 21.9. The van der Waals surface area contributed by atoms with E-state index in [0.29, 0.717) is 25.7 Å². The molecule has 0 heterocycles. The van der Waals surface area contributed by atoms with Gasteiger partial charge in [0.25, 0.3) is 0 Å². The van der Waals surface area contributed by atoms with Crippen molar-refractivity contribution in [1.29, 1.82) is 0 Å². The Kier molecular flexibility index (Phi) is 15.3. The Morgan fingerprint density at radius 1 is 0.800 bits per heavy atom. The van der Waals surface area contributed by atoms with Crippen LogP contribution in [0.5, 0.6) is 0 Å². The lowest BCUT2D eigenvalue weighted by atomic mass is 9.94. The van der Waals surface area contributed by atoms with Gasteiger partial charge in [-0.3, -0.25) is 14.4 Å². The highest BCUT2D eigenvalue weighted by atomic mass is 16.5. The number of aliphatic hydroxyl groups is 1. The standard InChI is InChI=1S/C38H46N2O5/c1-3-5-9-23-33(24-29-17-10-6-11-18-29)38(44)45-35(31-21-14-8-15-22-31)27-39-37(43)32(16-4-2)26-36(42)40-34(28-41)25-30-19-12-7-13-20-30/h3-4,6-8,10-15,17-22,32-35,41H,1-2,5,9,16,23-28H2,(H,39,43)(H,40,42)/t32-,33+,34-,35+/m0/s1. The summed E-state index contributed by atoms with van der Waals surface area (Å²) < 4.78 is 6.09. The van der Waals surface area contributed by atoms with E-state index in [9.17, 15) is 19.5 Å². The first-order valence-corrected chi connectivity index (χ1v) is 15.7. The second-order valence-corrected chi connectivity index (χ2v) is 11.2. The summed E-state index contributed by atoms with van der Waals surface area (Å²) in [5.41, 5.74) is 2.81. The number of benzene rings is 3. The summed E-state index contributed by atoms with van der Waals surface area (Å²) in [5.74, 6) is -2.00. The number of rotatable bonds is 20. The Morgan fingerprint density at radius 2 is 1.40 bits per heavy atom. The highest BCUT2D eigenvalue weighted by molar-refractivity contribution is 5.86. The van der Waals surface area contributed by atoms with E-state index in [1.165, 1.54) is 0 Å². The van der Waals surface area contributed by atoms with Gasteiger partial charge in [-0.05, 0) is 55.2 Å². The number of carbonyl (C=O) groups excluding carboxylic acids is 3. The van der Waals surface area contributed by atoms with Crippen LogP contribution in [0.25, 0.3) is 0 Å². The Labute approximate surface area is 267 Å². The van der Waals surface area contributed by atoms with Crippen molar-refractivity contribution >= 4 is 17.8 Å². The van der Waals surface area contributed by atoms with Crippen LogP contribution in [0.2, 0.25) is 0 Å². The molecular formula is C38H46N2O5. The Balaban J connectivity index is 1.66. The van der Waals surface area contributed by atoms with E-state index in [1.54, 1.807) is 6.08 Å². The fraction of sp³-hybridized carbons (Fsp3) is 0.342. The number of allylic oxidation sites excluding steroid dienone is 2. The molecule has 3 aromatic carbocycles. The van der Waals surface area contributed by atoms with Crippen molar-refractivity contribution in [2.24, 2.45) is 11.8 Å². The minimum absolute atomic E-state index is 0.0574. The SMILES string of the molecule is C=CCCC[C@H](Cc1ccccc1)C(=O)O[C@H](CNC(=O)[C@@H](CC=C)CC(=O)N[C@H](CO)Cc1ccccc1)c1ccccc1. The molecule has 0 unspecified atom stereocenters. The number of esters is 1. The quantitative estimate of drug-likeness (QED) is 0.0839. The van der Waals surface area contributed by atoms with Gasteiger partial charge < -0.3 is 20.5 Å². The summed E-state index contributed by atoms with van der Waals surface area (Å²) in [5, 5.41) is 15.6. The van der Waals surface area contributed by atoms with Crippen molar-refractivity contribution in [2.45, 2.75) is 57.1 Å². The molecule has 0 aliphatic rings. The monoisotopic (exact) mass is 610 g/mol. The van der Waals surface area contributed by atoms with Gasteiger partial charge in [-0.25, -0.2) is 0 Å². The van der Waals surface area contributed by atoms with Crippen LogP contribution in [0.4, 0.5) is 0 Å². The third-order valence-corrected chi connectivity index (χ3v) is 7.67. The molecule has 7 nitrogen and oxygen atoms in total. The van der Waals surface area contributed by atoms with Gasteiger partial charge in [-0.2, -0.15) is 0 Å². The minimum Gasteiger partial charge on any atom is -0.455 e. The number of aliphatic hydroxyl groups excluding tert-OH is 1. The molecule has 3 aromatic rings. The van der Waals surface area contributed by atoms with Crippen LogP contribution in [0, 0.1) is 11.8 Å². The molecular weight excluding hydrogens is 564 g/mol. The molecule has 0 saturated heterocycles. The fourth-order valence-electron chi connectivity index (χ4n) is 5.23. The van der Waals surface area contributed by atoms with Gasteiger partial charge in [0.1, 0.15) is 6.10 Å². The maximum atomic E-state index is 13.6. The summed E-state index contributed by atoms with van der Waals surface area (Å²) in [6, 6.07) is 28.3. The molecule has 0 saturated carbocycles. The van der Waals surface area contributed by atoms with Gasteiger partial charge >= 0.3 is 5.97 Å². The Morgan fingerprint density at radius 3 is 1.98 bits per heavy atom. The average Bonchev–Trinajstić information content (AvgIpc) is 3.06. The molecule has 0 aliphatic carbocycles. The molecule has 0 aromatic heterocycles. The zero-order valence-corrected chi connectivity index (χ0v) is 26.0. The van der Waals surface area contributed by atoms with Gasteiger partial charge in [0.15, 0.2) is 0 Å². The van der Waals surface area contributed by atoms with E-state index in [4.69, 9.17) is 4.74 Å². The van der Waals surface area contributed by atoms with Crippen LogP contribution in [0.15, 0.2) is 116 Å². The molecule has 4 atom stereocenters. The number of hydrogen-bond donors (Lipinski definition) is 3. The highest BCUT2D eigenvalue weighted by Crippen LogP contribution is 2.23. The summed E-state index contributed by atoms with van der Waals surface area (Å²) in [4.78, 5) is 39.8. The molecule has 0 aliphatic heterocycles. The lowest BCUT2D eigenvalue weighted by Gasteiger charge is -2.24. The third kappa shape index (κ3) is 12.6. The molecule has 3 N–H and O–H groups in total. The lowest BCUT2D eigenvalue weighted by Crippen LogP contribution is -2.42. The molecule has 0 spiro atoms. The average molecular weight is 611 g/mol. The predicted molar refractivity (Wildman–Crippen MR) is 178 cm³/mol. The number of amides is 2. The summed E-state index contributed by atoms with van der Waals surface area (Å²) in [6.45, 7) is 7.40. The summed E-state index contributed by atoms with van der Waals surface area (Å²) in [7, 11) is 0. The van der Waals surface area contributed by atoms with Crippen LogP contribution in [0.1, 0.15) is 54.9 Å². The van der Waals surface area contributed by atoms with Crippen molar-refractivity contribution in [1.82, 2.24) is 10.6 Å². The zero-order valence-electron chi connectivity index (χ0n) is 26.0. The van der Waals surface area contributed by atoms with Crippen molar-refractivity contribution < 1.29 is 24.2 Å². The van der Waals surface area contributed by atoms with Gasteiger partial charge in [-0.1, -0.05) is 103 Å². The maximum Gasteiger partial charge on any atom is 0.309 e.